The summed E-state index contributed by atoms with van der Waals surface area (Å²) >= 11 is 0. The van der Waals surface area contributed by atoms with E-state index in [1.807, 2.05) is 25.1 Å². The van der Waals surface area contributed by atoms with Crippen molar-refractivity contribution in [2.24, 2.45) is 0 Å². The van der Waals surface area contributed by atoms with Gasteiger partial charge < -0.3 is 14.9 Å². The molecule has 0 unspecified atom stereocenters. The van der Waals surface area contributed by atoms with E-state index in [1.165, 1.54) is 0 Å². The van der Waals surface area contributed by atoms with Crippen molar-refractivity contribution >= 4 is 16.8 Å². The minimum atomic E-state index is 0.693. The molecular formula is C14H21N3O2. The lowest BCUT2D eigenvalue weighted by atomic mass is 10.3. The van der Waals surface area contributed by atoms with Crippen LogP contribution in [0.4, 0.5) is 5.69 Å². The molecular weight excluding hydrogens is 242 g/mol. The van der Waals surface area contributed by atoms with E-state index < -0.39 is 0 Å². The van der Waals surface area contributed by atoms with Crippen LogP contribution in [0.3, 0.4) is 0 Å². The van der Waals surface area contributed by atoms with Crippen molar-refractivity contribution in [3.63, 3.8) is 0 Å². The Labute approximate surface area is 113 Å². The number of fused-ring (bicyclic) bond motifs is 1. The highest BCUT2D eigenvalue weighted by molar-refractivity contribution is 5.76. The van der Waals surface area contributed by atoms with Crippen LogP contribution in [0.1, 0.15) is 19.7 Å². The Morgan fingerprint density at radius 2 is 2.21 bits per heavy atom. The van der Waals surface area contributed by atoms with Gasteiger partial charge in [-0.25, -0.2) is 4.98 Å². The molecule has 19 heavy (non-hydrogen) atoms. The summed E-state index contributed by atoms with van der Waals surface area (Å²) in [5.74, 6) is 0.721. The fraction of sp³-hybridized carbons (Fsp3) is 0.500. The van der Waals surface area contributed by atoms with E-state index in [0.717, 1.165) is 43.3 Å². The zero-order valence-corrected chi connectivity index (χ0v) is 11.6. The van der Waals surface area contributed by atoms with Crippen LogP contribution in [0.2, 0.25) is 0 Å². The first kappa shape index (κ1) is 13.8. The summed E-state index contributed by atoms with van der Waals surface area (Å²) in [4.78, 5) is 6.70. The fourth-order valence-corrected chi connectivity index (χ4v) is 1.94. The first-order chi connectivity index (χ1) is 9.22. The molecule has 5 nitrogen and oxygen atoms in total. The molecule has 1 aromatic carbocycles. The largest absolute Gasteiger partial charge is 0.439 e. The molecule has 1 heterocycles. The Bertz CT molecular complexity index is 524. The van der Waals surface area contributed by atoms with E-state index in [0.29, 0.717) is 12.2 Å². The summed E-state index contributed by atoms with van der Waals surface area (Å²) < 4.78 is 11.1. The lowest BCUT2D eigenvalue weighted by Crippen LogP contribution is -2.27. The number of ether oxygens (including phenoxy) is 1. The molecule has 2 aromatic rings. The van der Waals surface area contributed by atoms with Gasteiger partial charge in [-0.2, -0.15) is 0 Å². The molecule has 0 aliphatic carbocycles. The Kier molecular flexibility index (Phi) is 4.76. The molecule has 0 radical (unpaired) electrons. The Morgan fingerprint density at radius 3 is 2.95 bits per heavy atom. The van der Waals surface area contributed by atoms with Crippen molar-refractivity contribution < 1.29 is 9.15 Å². The maximum atomic E-state index is 5.73. The highest BCUT2D eigenvalue weighted by Crippen LogP contribution is 2.19. The first-order valence-electron chi connectivity index (χ1n) is 6.68. The molecule has 0 aliphatic rings. The molecule has 2 rings (SSSR count). The third-order valence-corrected chi connectivity index (χ3v) is 3.02. The van der Waals surface area contributed by atoms with Crippen LogP contribution in [0.15, 0.2) is 22.6 Å². The van der Waals surface area contributed by atoms with Gasteiger partial charge in [0.1, 0.15) is 5.52 Å². The van der Waals surface area contributed by atoms with Gasteiger partial charge in [-0.15, -0.1) is 0 Å². The second-order valence-electron chi connectivity index (χ2n) is 4.40. The van der Waals surface area contributed by atoms with Crippen LogP contribution in [-0.2, 0) is 11.3 Å². The summed E-state index contributed by atoms with van der Waals surface area (Å²) in [5, 5.41) is 0. The average molecular weight is 263 g/mol. The number of aromatic nitrogens is 1. The molecule has 0 amide bonds. The zero-order valence-electron chi connectivity index (χ0n) is 11.6. The van der Waals surface area contributed by atoms with Crippen molar-refractivity contribution in [2.75, 3.05) is 32.0 Å². The van der Waals surface area contributed by atoms with E-state index >= 15 is 0 Å². The second kappa shape index (κ2) is 6.54. The molecule has 0 saturated heterocycles. The van der Waals surface area contributed by atoms with Gasteiger partial charge in [-0.05, 0) is 31.7 Å². The van der Waals surface area contributed by atoms with Crippen LogP contribution in [0.25, 0.3) is 11.1 Å². The van der Waals surface area contributed by atoms with Crippen molar-refractivity contribution in [2.45, 2.75) is 20.4 Å². The van der Waals surface area contributed by atoms with Crippen LogP contribution < -0.4 is 5.73 Å². The highest BCUT2D eigenvalue weighted by atomic mass is 16.5. The third kappa shape index (κ3) is 3.68. The molecule has 0 bridgehead atoms. The molecule has 0 atom stereocenters. The summed E-state index contributed by atoms with van der Waals surface area (Å²) in [5.41, 5.74) is 8.04. The van der Waals surface area contributed by atoms with Gasteiger partial charge in [-0.1, -0.05) is 6.92 Å². The molecule has 5 heteroatoms. The van der Waals surface area contributed by atoms with E-state index in [9.17, 15) is 0 Å². The van der Waals surface area contributed by atoms with Crippen molar-refractivity contribution in [3.05, 3.63) is 24.1 Å². The second-order valence-corrected chi connectivity index (χ2v) is 4.40. The maximum Gasteiger partial charge on any atom is 0.209 e. The van der Waals surface area contributed by atoms with Gasteiger partial charge in [-0.3, -0.25) is 4.90 Å². The quantitative estimate of drug-likeness (QED) is 0.613. The minimum absolute atomic E-state index is 0.693. The van der Waals surface area contributed by atoms with Crippen molar-refractivity contribution in [1.82, 2.24) is 9.88 Å². The Morgan fingerprint density at radius 1 is 1.37 bits per heavy atom. The van der Waals surface area contributed by atoms with Crippen LogP contribution in [0.5, 0.6) is 0 Å². The molecule has 1 aromatic heterocycles. The van der Waals surface area contributed by atoms with Gasteiger partial charge in [0.05, 0.1) is 13.2 Å². The Balaban J connectivity index is 2.02. The van der Waals surface area contributed by atoms with Crippen molar-refractivity contribution in [3.8, 4) is 0 Å². The van der Waals surface area contributed by atoms with Gasteiger partial charge in [0.25, 0.3) is 0 Å². The number of benzene rings is 1. The number of likely N-dealkylation sites (N-methyl/N-ethyl adjacent to an activating group) is 1. The molecule has 0 saturated carbocycles. The molecule has 0 fully saturated rings. The predicted octanol–water partition coefficient (Wildman–Crippen LogP) is 2.27. The van der Waals surface area contributed by atoms with Crippen LogP contribution in [-0.4, -0.2) is 36.2 Å². The molecule has 0 spiro atoms. The lowest BCUT2D eigenvalue weighted by molar-refractivity contribution is 0.109. The van der Waals surface area contributed by atoms with Crippen LogP contribution >= 0.6 is 0 Å². The molecule has 2 N–H and O–H groups in total. The number of nitrogens with zero attached hydrogens (tertiary/aromatic N) is 2. The Hall–Kier alpha value is -1.59. The fourth-order valence-electron chi connectivity index (χ4n) is 1.94. The number of hydrogen-bond acceptors (Lipinski definition) is 5. The van der Waals surface area contributed by atoms with E-state index in [2.05, 4.69) is 16.8 Å². The van der Waals surface area contributed by atoms with Gasteiger partial charge in [0.15, 0.2) is 5.58 Å². The van der Waals surface area contributed by atoms with Gasteiger partial charge in [0.2, 0.25) is 5.89 Å². The minimum Gasteiger partial charge on any atom is -0.439 e. The smallest absolute Gasteiger partial charge is 0.209 e. The average Bonchev–Trinajstić information content (AvgIpc) is 2.79. The highest BCUT2D eigenvalue weighted by Gasteiger charge is 2.10. The SMILES string of the molecule is CCOCCN(CC)Cc1nc2cc(N)ccc2o1. The zero-order chi connectivity index (χ0) is 13.7. The van der Waals surface area contributed by atoms with Crippen LogP contribution in [0, 0.1) is 0 Å². The number of anilines is 1. The normalized spacial score (nSPS) is 11.5. The summed E-state index contributed by atoms with van der Waals surface area (Å²) in [6.07, 6.45) is 0. The topological polar surface area (TPSA) is 64.5 Å². The lowest BCUT2D eigenvalue weighted by Gasteiger charge is -2.17. The monoisotopic (exact) mass is 263 g/mol. The number of nitrogen functional groups attached to an aromatic ring is 1. The first-order valence-corrected chi connectivity index (χ1v) is 6.68. The molecule has 104 valence electrons. The maximum absolute atomic E-state index is 5.73. The van der Waals surface area contributed by atoms with E-state index in [4.69, 9.17) is 14.9 Å². The third-order valence-electron chi connectivity index (χ3n) is 3.02. The summed E-state index contributed by atoms with van der Waals surface area (Å²) in [6.45, 7) is 8.11. The number of hydrogen-bond donors (Lipinski definition) is 1. The van der Waals surface area contributed by atoms with Gasteiger partial charge >= 0.3 is 0 Å². The summed E-state index contributed by atoms with van der Waals surface area (Å²) in [6, 6.07) is 5.51. The molecule has 0 aliphatic heterocycles. The van der Waals surface area contributed by atoms with E-state index in [-0.39, 0.29) is 0 Å². The van der Waals surface area contributed by atoms with Crippen molar-refractivity contribution in [1.29, 1.82) is 0 Å². The van der Waals surface area contributed by atoms with Gasteiger partial charge in [0, 0.05) is 18.8 Å². The number of rotatable bonds is 7. The summed E-state index contributed by atoms with van der Waals surface area (Å²) in [7, 11) is 0. The predicted molar refractivity (Wildman–Crippen MR) is 75.9 cm³/mol. The number of oxazole rings is 1. The van der Waals surface area contributed by atoms with E-state index in [1.54, 1.807) is 0 Å². The standard InChI is InChI=1S/C14H21N3O2/c1-3-17(7-8-18-4-2)10-14-16-12-9-11(15)5-6-13(12)19-14/h5-6,9H,3-4,7-8,10,15H2,1-2H3. The number of nitrogens with two attached hydrogens (primary N) is 1.